The summed E-state index contributed by atoms with van der Waals surface area (Å²) in [7, 11) is 0.382. The van der Waals surface area contributed by atoms with Crippen molar-refractivity contribution in [3.05, 3.63) is 53.9 Å². The van der Waals surface area contributed by atoms with Gasteiger partial charge in [-0.3, -0.25) is 4.79 Å². The number of carbonyl (C=O) groups is 1. The monoisotopic (exact) mass is 416 g/mol. The van der Waals surface area contributed by atoms with Crippen LogP contribution in [0.5, 0.6) is 5.75 Å². The molecule has 0 radical (unpaired) electrons. The maximum absolute atomic E-state index is 12.8. The highest BCUT2D eigenvalue weighted by Crippen LogP contribution is 2.29. The van der Waals surface area contributed by atoms with E-state index in [1.54, 1.807) is 31.2 Å². The highest BCUT2D eigenvalue weighted by Gasteiger charge is 2.24. The lowest BCUT2D eigenvalue weighted by Gasteiger charge is -2.16. The van der Waals surface area contributed by atoms with Gasteiger partial charge in [-0.2, -0.15) is 4.98 Å². The van der Waals surface area contributed by atoms with Crippen molar-refractivity contribution >= 4 is 21.6 Å². The van der Waals surface area contributed by atoms with Crippen LogP contribution in [0.4, 0.5) is 5.69 Å². The van der Waals surface area contributed by atoms with Gasteiger partial charge < -0.3 is 14.6 Å². The Morgan fingerprint density at radius 3 is 2.52 bits per heavy atom. The zero-order chi connectivity index (χ0) is 21.2. The Hall–Kier alpha value is -3.24. The van der Waals surface area contributed by atoms with Gasteiger partial charge in [0.15, 0.2) is 0 Å². The Bertz CT molecular complexity index is 1150. The third-order valence-electron chi connectivity index (χ3n) is 4.13. The molecule has 0 spiro atoms. The van der Waals surface area contributed by atoms with Gasteiger partial charge in [0.1, 0.15) is 10.6 Å². The standard InChI is InChI=1S/C19H20N4O5S/c1-12-20-18(22-28-12)14-7-5-6-8-15(14)21-19(24)13-9-10-16(27-4)17(11-13)29(25,26)23(2)3/h5-11H,1-4H3,(H,21,24). The minimum absolute atomic E-state index is 0.0975. The van der Waals surface area contributed by atoms with Crippen molar-refractivity contribution in [1.82, 2.24) is 14.4 Å². The number of para-hydroxylation sites is 1. The first-order chi connectivity index (χ1) is 13.7. The number of rotatable bonds is 6. The number of benzene rings is 2. The van der Waals surface area contributed by atoms with Crippen LogP contribution in [0, 0.1) is 6.92 Å². The summed E-state index contributed by atoms with van der Waals surface area (Å²) in [6.07, 6.45) is 0. The van der Waals surface area contributed by atoms with E-state index in [2.05, 4.69) is 15.5 Å². The molecule has 29 heavy (non-hydrogen) atoms. The Balaban J connectivity index is 1.97. The Morgan fingerprint density at radius 1 is 1.17 bits per heavy atom. The fourth-order valence-electron chi connectivity index (χ4n) is 2.61. The second-order valence-corrected chi connectivity index (χ2v) is 8.41. The molecule has 0 fully saturated rings. The first kappa shape index (κ1) is 20.5. The highest BCUT2D eigenvalue weighted by atomic mass is 32.2. The lowest BCUT2D eigenvalue weighted by Crippen LogP contribution is -2.23. The number of sulfonamides is 1. The second kappa shape index (κ2) is 8.02. The molecular formula is C19H20N4O5S. The lowest BCUT2D eigenvalue weighted by atomic mass is 10.1. The molecule has 0 aliphatic rings. The molecule has 0 saturated carbocycles. The summed E-state index contributed by atoms with van der Waals surface area (Å²) in [6, 6.07) is 11.2. The number of nitrogens with zero attached hydrogens (tertiary/aromatic N) is 3. The highest BCUT2D eigenvalue weighted by molar-refractivity contribution is 7.89. The minimum Gasteiger partial charge on any atom is -0.495 e. The molecule has 10 heteroatoms. The van der Waals surface area contributed by atoms with Crippen LogP contribution >= 0.6 is 0 Å². The van der Waals surface area contributed by atoms with E-state index in [-0.39, 0.29) is 16.2 Å². The van der Waals surface area contributed by atoms with Gasteiger partial charge in [0.2, 0.25) is 21.7 Å². The van der Waals surface area contributed by atoms with E-state index in [1.165, 1.54) is 39.4 Å². The summed E-state index contributed by atoms with van der Waals surface area (Å²) < 4.78 is 36.4. The maximum Gasteiger partial charge on any atom is 0.255 e. The molecule has 3 rings (SSSR count). The van der Waals surface area contributed by atoms with Crippen LogP contribution in [-0.2, 0) is 10.0 Å². The van der Waals surface area contributed by atoms with Crippen molar-refractivity contribution in [2.24, 2.45) is 0 Å². The van der Waals surface area contributed by atoms with E-state index in [0.717, 1.165) is 4.31 Å². The van der Waals surface area contributed by atoms with Crippen molar-refractivity contribution < 1.29 is 22.5 Å². The molecule has 2 aromatic carbocycles. The van der Waals surface area contributed by atoms with Crippen LogP contribution in [0.3, 0.4) is 0 Å². The van der Waals surface area contributed by atoms with E-state index < -0.39 is 15.9 Å². The number of ether oxygens (including phenoxy) is 1. The van der Waals surface area contributed by atoms with Gasteiger partial charge in [-0.05, 0) is 30.3 Å². The van der Waals surface area contributed by atoms with Gasteiger partial charge in [-0.25, -0.2) is 12.7 Å². The van der Waals surface area contributed by atoms with Crippen molar-refractivity contribution in [3.63, 3.8) is 0 Å². The summed E-state index contributed by atoms with van der Waals surface area (Å²) in [6.45, 7) is 1.67. The normalized spacial score (nSPS) is 11.5. The van der Waals surface area contributed by atoms with E-state index in [1.807, 2.05) is 0 Å². The van der Waals surface area contributed by atoms with Crippen LogP contribution in [0.15, 0.2) is 51.9 Å². The fourth-order valence-corrected chi connectivity index (χ4v) is 3.68. The van der Waals surface area contributed by atoms with Crippen LogP contribution in [-0.4, -0.2) is 50.0 Å². The Morgan fingerprint density at radius 2 is 1.90 bits per heavy atom. The number of hydrogen-bond acceptors (Lipinski definition) is 7. The number of aryl methyl sites for hydroxylation is 1. The molecule has 0 bridgehead atoms. The van der Waals surface area contributed by atoms with E-state index >= 15 is 0 Å². The van der Waals surface area contributed by atoms with Crippen molar-refractivity contribution in [2.75, 3.05) is 26.5 Å². The number of hydrogen-bond donors (Lipinski definition) is 1. The summed E-state index contributed by atoms with van der Waals surface area (Å²) in [4.78, 5) is 16.9. The molecule has 9 nitrogen and oxygen atoms in total. The van der Waals surface area contributed by atoms with Crippen LogP contribution < -0.4 is 10.1 Å². The summed E-state index contributed by atoms with van der Waals surface area (Å²) >= 11 is 0. The smallest absolute Gasteiger partial charge is 0.255 e. The Labute approximate surface area is 168 Å². The SMILES string of the molecule is COc1ccc(C(=O)Nc2ccccc2-c2noc(C)n2)cc1S(=O)(=O)N(C)C. The predicted molar refractivity (Wildman–Crippen MR) is 106 cm³/mol. The van der Waals surface area contributed by atoms with E-state index in [0.29, 0.717) is 23.0 Å². The number of anilines is 1. The molecule has 1 amide bonds. The fraction of sp³-hybridized carbons (Fsp3) is 0.211. The van der Waals surface area contributed by atoms with Gasteiger partial charge in [0, 0.05) is 32.1 Å². The molecular weight excluding hydrogens is 396 g/mol. The zero-order valence-corrected chi connectivity index (χ0v) is 17.1. The average Bonchev–Trinajstić information content (AvgIpc) is 3.13. The van der Waals surface area contributed by atoms with Gasteiger partial charge in [0.25, 0.3) is 5.91 Å². The first-order valence-corrected chi connectivity index (χ1v) is 9.99. The van der Waals surface area contributed by atoms with Crippen molar-refractivity contribution in [1.29, 1.82) is 0 Å². The van der Waals surface area contributed by atoms with Crippen molar-refractivity contribution in [2.45, 2.75) is 11.8 Å². The molecule has 0 aliphatic heterocycles. The Kier molecular flexibility index (Phi) is 5.66. The third kappa shape index (κ3) is 4.13. The number of nitrogens with one attached hydrogen (secondary N) is 1. The van der Waals surface area contributed by atoms with Gasteiger partial charge in [-0.1, -0.05) is 17.3 Å². The summed E-state index contributed by atoms with van der Waals surface area (Å²) in [5, 5.41) is 6.65. The largest absolute Gasteiger partial charge is 0.495 e. The molecule has 3 aromatic rings. The molecule has 0 unspecified atom stereocenters. The second-order valence-electron chi connectivity index (χ2n) is 6.29. The number of methoxy groups -OCH3 is 1. The third-order valence-corrected chi connectivity index (χ3v) is 5.96. The molecule has 1 aromatic heterocycles. The minimum atomic E-state index is -3.80. The van der Waals surface area contributed by atoms with Crippen molar-refractivity contribution in [3.8, 4) is 17.1 Å². The topological polar surface area (TPSA) is 115 Å². The number of carbonyl (C=O) groups excluding carboxylic acids is 1. The number of amides is 1. The van der Waals surface area contributed by atoms with E-state index in [9.17, 15) is 13.2 Å². The number of aromatic nitrogens is 2. The van der Waals surface area contributed by atoms with Gasteiger partial charge in [-0.15, -0.1) is 0 Å². The first-order valence-electron chi connectivity index (χ1n) is 8.55. The van der Waals surface area contributed by atoms with E-state index in [4.69, 9.17) is 9.26 Å². The van der Waals surface area contributed by atoms with Gasteiger partial charge in [0.05, 0.1) is 12.8 Å². The molecule has 0 aliphatic carbocycles. The predicted octanol–water partition coefficient (Wildman–Crippen LogP) is 2.56. The van der Waals surface area contributed by atoms with Crippen LogP contribution in [0.2, 0.25) is 0 Å². The molecule has 0 saturated heterocycles. The molecule has 152 valence electrons. The molecule has 1 N–H and O–H groups in total. The zero-order valence-electron chi connectivity index (χ0n) is 16.3. The molecule has 1 heterocycles. The maximum atomic E-state index is 12.8. The van der Waals surface area contributed by atoms with Crippen LogP contribution in [0.1, 0.15) is 16.2 Å². The summed E-state index contributed by atoms with van der Waals surface area (Å²) in [5.74, 6) is 0.396. The average molecular weight is 416 g/mol. The van der Waals surface area contributed by atoms with Crippen LogP contribution in [0.25, 0.3) is 11.4 Å². The molecule has 0 atom stereocenters. The lowest BCUT2D eigenvalue weighted by molar-refractivity contribution is 0.102. The quantitative estimate of drug-likeness (QED) is 0.657. The van der Waals surface area contributed by atoms with Gasteiger partial charge >= 0.3 is 0 Å². The summed E-state index contributed by atoms with van der Waals surface area (Å²) in [5.41, 5.74) is 1.20.